The molecule has 0 atom stereocenters. The largest absolute Gasteiger partial charge is 0.489 e. The van der Waals surface area contributed by atoms with Crippen molar-refractivity contribution in [2.75, 3.05) is 6.54 Å². The summed E-state index contributed by atoms with van der Waals surface area (Å²) in [5.41, 5.74) is 0.275. The fourth-order valence-electron chi connectivity index (χ4n) is 1.77. The summed E-state index contributed by atoms with van der Waals surface area (Å²) >= 11 is 0. The summed E-state index contributed by atoms with van der Waals surface area (Å²) in [5, 5.41) is 11.3. The molecular weight excluding hydrogens is 272 g/mol. The van der Waals surface area contributed by atoms with Gasteiger partial charge in [0, 0.05) is 19.2 Å². The summed E-state index contributed by atoms with van der Waals surface area (Å²) in [4.78, 5) is 26.5. The van der Waals surface area contributed by atoms with Crippen LogP contribution in [0.2, 0.25) is 0 Å². The number of carbonyl (C=O) groups is 2. The second-order valence-electron chi connectivity index (χ2n) is 4.98. The topological polar surface area (TPSA) is 88.5 Å². The van der Waals surface area contributed by atoms with E-state index in [2.05, 4.69) is 10.3 Å². The van der Waals surface area contributed by atoms with Gasteiger partial charge in [-0.3, -0.25) is 9.59 Å². The van der Waals surface area contributed by atoms with Crippen molar-refractivity contribution in [1.82, 2.24) is 10.3 Å². The quantitative estimate of drug-likeness (QED) is 0.682. The highest BCUT2D eigenvalue weighted by atomic mass is 16.5. The number of ether oxygens (including phenoxy) is 1. The van der Waals surface area contributed by atoms with Crippen molar-refractivity contribution in [2.45, 2.75) is 45.6 Å². The van der Waals surface area contributed by atoms with E-state index in [9.17, 15) is 9.59 Å². The normalized spacial score (nSPS) is 10.4. The number of amides is 1. The third-order valence-electron chi connectivity index (χ3n) is 2.70. The number of nitrogens with zero attached hydrogens (tertiary/aromatic N) is 1. The van der Waals surface area contributed by atoms with Crippen molar-refractivity contribution < 1.29 is 19.4 Å². The summed E-state index contributed by atoms with van der Waals surface area (Å²) in [6, 6.07) is 3.44. The standard InChI is InChI=1S/C15H22N2O4/c1-11(2)21-12-7-6-10-16-14(12)15(20)17-9-5-3-4-8-13(18)19/h6-7,10-11H,3-5,8-9H2,1-2H3,(H,17,20)(H,18,19). The Balaban J connectivity index is 2.40. The Morgan fingerprint density at radius 3 is 2.76 bits per heavy atom. The van der Waals surface area contributed by atoms with Crippen molar-refractivity contribution in [3.8, 4) is 5.75 Å². The van der Waals surface area contributed by atoms with Gasteiger partial charge in [-0.2, -0.15) is 0 Å². The van der Waals surface area contributed by atoms with Crippen LogP contribution in [0, 0.1) is 0 Å². The predicted octanol–water partition coefficient (Wildman–Crippen LogP) is 2.24. The first kappa shape index (κ1) is 16.9. The Labute approximate surface area is 124 Å². The molecule has 1 heterocycles. The molecule has 0 fully saturated rings. The van der Waals surface area contributed by atoms with Gasteiger partial charge in [0.15, 0.2) is 11.4 Å². The number of nitrogens with one attached hydrogen (secondary N) is 1. The van der Waals surface area contributed by atoms with Gasteiger partial charge in [0.25, 0.3) is 5.91 Å². The Morgan fingerprint density at radius 2 is 2.10 bits per heavy atom. The molecule has 0 bridgehead atoms. The van der Waals surface area contributed by atoms with E-state index in [4.69, 9.17) is 9.84 Å². The molecule has 0 radical (unpaired) electrons. The summed E-state index contributed by atoms with van der Waals surface area (Å²) in [7, 11) is 0. The third-order valence-corrected chi connectivity index (χ3v) is 2.70. The van der Waals surface area contributed by atoms with Crippen LogP contribution < -0.4 is 10.1 Å². The first-order valence-electron chi connectivity index (χ1n) is 7.12. The number of aromatic nitrogens is 1. The molecule has 116 valence electrons. The van der Waals surface area contributed by atoms with E-state index in [1.165, 1.54) is 0 Å². The van der Waals surface area contributed by atoms with Crippen molar-refractivity contribution in [1.29, 1.82) is 0 Å². The van der Waals surface area contributed by atoms with Gasteiger partial charge in [0.05, 0.1) is 6.10 Å². The van der Waals surface area contributed by atoms with E-state index in [0.717, 1.165) is 12.8 Å². The van der Waals surface area contributed by atoms with Gasteiger partial charge in [-0.25, -0.2) is 4.98 Å². The molecule has 1 amide bonds. The molecule has 0 aliphatic carbocycles. The summed E-state index contributed by atoms with van der Waals surface area (Å²) in [6.07, 6.45) is 3.82. The van der Waals surface area contributed by atoms with Crippen LogP contribution in [0.25, 0.3) is 0 Å². The molecule has 21 heavy (non-hydrogen) atoms. The zero-order valence-corrected chi connectivity index (χ0v) is 12.5. The maximum atomic E-state index is 12.0. The lowest BCUT2D eigenvalue weighted by molar-refractivity contribution is -0.137. The Hall–Kier alpha value is -2.11. The van der Waals surface area contributed by atoms with Crippen LogP contribution in [0.15, 0.2) is 18.3 Å². The first-order chi connectivity index (χ1) is 10.0. The molecule has 1 aromatic rings. The molecule has 0 aliphatic heterocycles. The van der Waals surface area contributed by atoms with E-state index in [-0.39, 0.29) is 24.1 Å². The number of aliphatic carboxylic acids is 1. The molecule has 0 spiro atoms. The number of rotatable bonds is 9. The van der Waals surface area contributed by atoms with Crippen LogP contribution in [0.3, 0.4) is 0 Å². The van der Waals surface area contributed by atoms with Crippen LogP contribution in [0.5, 0.6) is 5.75 Å². The Kier molecular flexibility index (Phi) is 7.21. The van der Waals surface area contributed by atoms with Crippen molar-refractivity contribution in [3.63, 3.8) is 0 Å². The molecule has 2 N–H and O–H groups in total. The minimum Gasteiger partial charge on any atom is -0.489 e. The third kappa shape index (κ3) is 6.74. The number of carboxylic acids is 1. The minimum atomic E-state index is -0.789. The monoisotopic (exact) mass is 294 g/mol. The predicted molar refractivity (Wildman–Crippen MR) is 78.4 cm³/mol. The van der Waals surface area contributed by atoms with Gasteiger partial charge >= 0.3 is 5.97 Å². The average molecular weight is 294 g/mol. The molecule has 0 unspecified atom stereocenters. The average Bonchev–Trinajstić information content (AvgIpc) is 2.42. The smallest absolute Gasteiger partial charge is 0.303 e. The number of carbonyl (C=O) groups excluding carboxylic acids is 1. The van der Waals surface area contributed by atoms with Gasteiger partial charge in [-0.05, 0) is 38.8 Å². The number of pyridine rings is 1. The van der Waals surface area contributed by atoms with Gasteiger partial charge in [0.2, 0.25) is 0 Å². The van der Waals surface area contributed by atoms with E-state index >= 15 is 0 Å². The van der Waals surface area contributed by atoms with E-state index in [1.807, 2.05) is 13.8 Å². The van der Waals surface area contributed by atoms with Crippen LogP contribution in [-0.4, -0.2) is 34.6 Å². The number of hydrogen-bond acceptors (Lipinski definition) is 4. The summed E-state index contributed by atoms with van der Waals surface area (Å²) < 4.78 is 5.55. The van der Waals surface area contributed by atoms with E-state index in [1.54, 1.807) is 18.3 Å². The van der Waals surface area contributed by atoms with Crippen LogP contribution in [0.1, 0.15) is 50.0 Å². The lowest BCUT2D eigenvalue weighted by Gasteiger charge is -2.13. The van der Waals surface area contributed by atoms with Crippen LogP contribution in [0.4, 0.5) is 0 Å². The zero-order chi connectivity index (χ0) is 15.7. The summed E-state index contributed by atoms with van der Waals surface area (Å²) in [5.74, 6) is -0.594. The zero-order valence-electron chi connectivity index (χ0n) is 12.5. The SMILES string of the molecule is CC(C)Oc1cccnc1C(=O)NCCCCCC(=O)O. The maximum Gasteiger partial charge on any atom is 0.303 e. The van der Waals surface area contributed by atoms with Gasteiger partial charge < -0.3 is 15.2 Å². The molecule has 6 nitrogen and oxygen atoms in total. The van der Waals surface area contributed by atoms with Gasteiger partial charge in [0.1, 0.15) is 0 Å². The van der Waals surface area contributed by atoms with E-state index < -0.39 is 5.97 Å². The molecule has 6 heteroatoms. The number of carboxylic acid groups (broad SMARTS) is 1. The number of unbranched alkanes of at least 4 members (excludes halogenated alkanes) is 2. The lowest BCUT2D eigenvalue weighted by atomic mass is 10.2. The van der Waals surface area contributed by atoms with E-state index in [0.29, 0.717) is 18.7 Å². The van der Waals surface area contributed by atoms with Crippen LogP contribution in [-0.2, 0) is 4.79 Å². The highest BCUT2D eigenvalue weighted by molar-refractivity contribution is 5.94. The van der Waals surface area contributed by atoms with Crippen LogP contribution >= 0.6 is 0 Å². The Morgan fingerprint density at radius 1 is 1.33 bits per heavy atom. The highest BCUT2D eigenvalue weighted by Crippen LogP contribution is 2.16. The minimum absolute atomic E-state index is 0.0308. The second-order valence-corrected chi connectivity index (χ2v) is 4.98. The molecule has 1 aromatic heterocycles. The molecule has 0 saturated carbocycles. The highest BCUT2D eigenvalue weighted by Gasteiger charge is 2.14. The lowest BCUT2D eigenvalue weighted by Crippen LogP contribution is -2.26. The molecular formula is C15H22N2O4. The fourth-order valence-corrected chi connectivity index (χ4v) is 1.77. The first-order valence-corrected chi connectivity index (χ1v) is 7.12. The van der Waals surface area contributed by atoms with Crippen molar-refractivity contribution in [2.24, 2.45) is 0 Å². The summed E-state index contributed by atoms with van der Waals surface area (Å²) in [6.45, 7) is 4.27. The maximum absolute atomic E-state index is 12.0. The van der Waals surface area contributed by atoms with Gasteiger partial charge in [-0.15, -0.1) is 0 Å². The molecule has 0 saturated heterocycles. The fraction of sp³-hybridized carbons (Fsp3) is 0.533. The molecule has 1 rings (SSSR count). The molecule has 0 aliphatic rings. The van der Waals surface area contributed by atoms with Crippen molar-refractivity contribution >= 4 is 11.9 Å². The Bertz CT molecular complexity index is 474. The number of hydrogen-bond donors (Lipinski definition) is 2. The van der Waals surface area contributed by atoms with Gasteiger partial charge in [-0.1, -0.05) is 6.42 Å². The van der Waals surface area contributed by atoms with Crippen molar-refractivity contribution in [3.05, 3.63) is 24.0 Å². The second kappa shape index (κ2) is 8.94. The molecule has 0 aromatic carbocycles.